The number of aromatic nitrogens is 1. The minimum Gasteiger partial charge on any atom is -0.477 e. The summed E-state index contributed by atoms with van der Waals surface area (Å²) in [4.78, 5) is 10.7. The number of carboxylic acid groups (broad SMARTS) is 1. The van der Waals surface area contributed by atoms with Crippen LogP contribution >= 0.6 is 0 Å². The molecule has 1 N–H and O–H groups in total. The second-order valence-electron chi connectivity index (χ2n) is 2.90. The molecule has 1 aromatic heterocycles. The first-order valence-corrected chi connectivity index (χ1v) is 4.06. The van der Waals surface area contributed by atoms with Crippen LogP contribution in [0.25, 0.3) is 0 Å². The molecule has 0 amide bonds. The molecule has 0 spiro atoms. The summed E-state index contributed by atoms with van der Waals surface area (Å²) in [6.07, 6.45) is 1.75. The van der Waals surface area contributed by atoms with Gasteiger partial charge in [0.15, 0.2) is 0 Å². The first-order chi connectivity index (χ1) is 6.15. The quantitative estimate of drug-likeness (QED) is 0.763. The molecule has 4 heteroatoms. The van der Waals surface area contributed by atoms with Crippen LogP contribution in [0.2, 0.25) is 0 Å². The minimum absolute atomic E-state index is 0.0190. The van der Waals surface area contributed by atoms with Gasteiger partial charge >= 0.3 is 5.97 Å². The zero-order valence-electron chi connectivity index (χ0n) is 7.73. The number of hydrogen-bond donors (Lipinski definition) is 1. The van der Waals surface area contributed by atoms with Gasteiger partial charge in [0.1, 0.15) is 5.69 Å². The lowest BCUT2D eigenvalue weighted by atomic mass is 10.3. The van der Waals surface area contributed by atoms with Gasteiger partial charge in [-0.1, -0.05) is 0 Å². The number of carboxylic acids is 1. The minimum atomic E-state index is -0.909. The van der Waals surface area contributed by atoms with Gasteiger partial charge in [0, 0.05) is 19.9 Å². The molecule has 0 saturated carbocycles. The summed E-state index contributed by atoms with van der Waals surface area (Å²) >= 11 is 0. The summed E-state index contributed by atoms with van der Waals surface area (Å²) in [6.45, 7) is 2.46. The number of aromatic carboxylic acids is 1. The highest BCUT2D eigenvalue weighted by Crippen LogP contribution is 2.04. The van der Waals surface area contributed by atoms with Gasteiger partial charge in [0.25, 0.3) is 0 Å². The second-order valence-corrected chi connectivity index (χ2v) is 2.90. The Labute approximate surface area is 76.7 Å². The van der Waals surface area contributed by atoms with Gasteiger partial charge in [-0.15, -0.1) is 0 Å². The van der Waals surface area contributed by atoms with E-state index < -0.39 is 5.97 Å². The molecule has 1 atom stereocenters. The summed E-state index contributed by atoms with van der Waals surface area (Å²) in [6, 6.07) is 3.29. The maximum atomic E-state index is 10.7. The lowest BCUT2D eigenvalue weighted by Gasteiger charge is -2.11. The van der Waals surface area contributed by atoms with E-state index in [1.54, 1.807) is 30.0 Å². The van der Waals surface area contributed by atoms with Crippen molar-refractivity contribution in [3.05, 3.63) is 24.0 Å². The van der Waals surface area contributed by atoms with Gasteiger partial charge < -0.3 is 14.4 Å². The molecule has 13 heavy (non-hydrogen) atoms. The summed E-state index contributed by atoms with van der Waals surface area (Å²) in [5.41, 5.74) is 0.295. The monoisotopic (exact) mass is 183 g/mol. The lowest BCUT2D eigenvalue weighted by molar-refractivity contribution is 0.0672. The summed E-state index contributed by atoms with van der Waals surface area (Å²) in [5, 5.41) is 8.78. The van der Waals surface area contributed by atoms with Crippen LogP contribution in [0.15, 0.2) is 18.3 Å². The molecule has 0 saturated heterocycles. The fourth-order valence-corrected chi connectivity index (χ4v) is 1.12. The Morgan fingerprint density at radius 3 is 3.00 bits per heavy atom. The molecule has 0 fully saturated rings. The second kappa shape index (κ2) is 4.09. The third-order valence-electron chi connectivity index (χ3n) is 1.90. The Kier molecular flexibility index (Phi) is 3.08. The molecule has 1 heterocycles. The Balaban J connectivity index is 2.76. The van der Waals surface area contributed by atoms with Crippen LogP contribution in [0.1, 0.15) is 17.4 Å². The largest absolute Gasteiger partial charge is 0.477 e. The van der Waals surface area contributed by atoms with Crippen LogP contribution in [-0.4, -0.2) is 28.9 Å². The van der Waals surface area contributed by atoms with Crippen molar-refractivity contribution >= 4 is 5.97 Å². The average molecular weight is 183 g/mol. The predicted molar refractivity (Wildman–Crippen MR) is 47.9 cm³/mol. The highest BCUT2D eigenvalue weighted by atomic mass is 16.5. The van der Waals surface area contributed by atoms with Gasteiger partial charge in [-0.05, 0) is 19.1 Å². The van der Waals surface area contributed by atoms with Gasteiger partial charge in [-0.25, -0.2) is 4.79 Å². The number of methoxy groups -OCH3 is 1. The van der Waals surface area contributed by atoms with Crippen LogP contribution in [0.5, 0.6) is 0 Å². The van der Waals surface area contributed by atoms with E-state index >= 15 is 0 Å². The third-order valence-corrected chi connectivity index (χ3v) is 1.90. The van der Waals surface area contributed by atoms with Gasteiger partial charge in [0.05, 0.1) is 6.10 Å². The van der Waals surface area contributed by atoms with Crippen molar-refractivity contribution in [2.45, 2.75) is 19.6 Å². The fraction of sp³-hybridized carbons (Fsp3) is 0.444. The molecule has 1 aromatic rings. The number of nitrogens with zero attached hydrogens (tertiary/aromatic N) is 1. The van der Waals surface area contributed by atoms with Crippen molar-refractivity contribution in [2.75, 3.05) is 7.11 Å². The van der Waals surface area contributed by atoms with Gasteiger partial charge in [-0.2, -0.15) is 0 Å². The van der Waals surface area contributed by atoms with E-state index in [-0.39, 0.29) is 6.10 Å². The first kappa shape index (κ1) is 9.80. The SMILES string of the molecule is COC(C)Cn1cccc1C(=O)O. The van der Waals surface area contributed by atoms with Crippen molar-refractivity contribution < 1.29 is 14.6 Å². The highest BCUT2D eigenvalue weighted by molar-refractivity contribution is 5.85. The molecular weight excluding hydrogens is 170 g/mol. The standard InChI is InChI=1S/C9H13NO3/c1-7(13-2)6-10-5-3-4-8(10)9(11)12/h3-5,7H,6H2,1-2H3,(H,11,12). The Morgan fingerprint density at radius 1 is 1.77 bits per heavy atom. The maximum absolute atomic E-state index is 10.7. The lowest BCUT2D eigenvalue weighted by Crippen LogP contribution is -2.17. The molecule has 4 nitrogen and oxygen atoms in total. The average Bonchev–Trinajstić information content (AvgIpc) is 2.52. The summed E-state index contributed by atoms with van der Waals surface area (Å²) < 4.78 is 6.71. The zero-order valence-corrected chi connectivity index (χ0v) is 7.73. The first-order valence-electron chi connectivity index (χ1n) is 4.06. The molecule has 0 aliphatic heterocycles. The van der Waals surface area contributed by atoms with Crippen LogP contribution in [0, 0.1) is 0 Å². The van der Waals surface area contributed by atoms with E-state index in [9.17, 15) is 4.79 Å². The number of carbonyl (C=O) groups is 1. The van der Waals surface area contributed by atoms with Crippen LogP contribution in [0.3, 0.4) is 0 Å². The topological polar surface area (TPSA) is 51.5 Å². The molecular formula is C9H13NO3. The van der Waals surface area contributed by atoms with Crippen LogP contribution in [-0.2, 0) is 11.3 Å². The summed E-state index contributed by atoms with van der Waals surface area (Å²) in [5.74, 6) is -0.909. The molecule has 1 rings (SSSR count). The van der Waals surface area contributed by atoms with Crippen LogP contribution in [0.4, 0.5) is 0 Å². The molecule has 0 aliphatic rings. The van der Waals surface area contributed by atoms with E-state index in [4.69, 9.17) is 9.84 Å². The Hall–Kier alpha value is -1.29. The van der Waals surface area contributed by atoms with Crippen molar-refractivity contribution in [2.24, 2.45) is 0 Å². The maximum Gasteiger partial charge on any atom is 0.352 e. The number of rotatable bonds is 4. The van der Waals surface area contributed by atoms with Gasteiger partial charge in [-0.3, -0.25) is 0 Å². The molecule has 0 aliphatic carbocycles. The number of hydrogen-bond acceptors (Lipinski definition) is 2. The Morgan fingerprint density at radius 2 is 2.46 bits per heavy atom. The molecule has 0 bridgehead atoms. The van der Waals surface area contributed by atoms with E-state index in [0.717, 1.165) is 0 Å². The molecule has 1 unspecified atom stereocenters. The van der Waals surface area contributed by atoms with E-state index in [1.165, 1.54) is 0 Å². The van der Waals surface area contributed by atoms with Crippen molar-refractivity contribution in [3.63, 3.8) is 0 Å². The van der Waals surface area contributed by atoms with Gasteiger partial charge in [0.2, 0.25) is 0 Å². The molecule has 72 valence electrons. The normalized spacial score (nSPS) is 12.8. The molecule has 0 radical (unpaired) electrons. The third kappa shape index (κ3) is 2.32. The summed E-state index contributed by atoms with van der Waals surface area (Å²) in [7, 11) is 1.61. The van der Waals surface area contributed by atoms with E-state index in [1.807, 2.05) is 6.92 Å². The predicted octanol–water partition coefficient (Wildman–Crippen LogP) is 1.22. The zero-order chi connectivity index (χ0) is 9.84. The molecule has 0 aromatic carbocycles. The van der Waals surface area contributed by atoms with E-state index in [2.05, 4.69) is 0 Å². The van der Waals surface area contributed by atoms with Crippen molar-refractivity contribution in [1.29, 1.82) is 0 Å². The highest BCUT2D eigenvalue weighted by Gasteiger charge is 2.10. The fourth-order valence-electron chi connectivity index (χ4n) is 1.12. The Bertz CT molecular complexity index is 293. The van der Waals surface area contributed by atoms with Crippen molar-refractivity contribution in [1.82, 2.24) is 4.57 Å². The van der Waals surface area contributed by atoms with E-state index in [0.29, 0.717) is 12.2 Å². The smallest absolute Gasteiger partial charge is 0.352 e. The van der Waals surface area contributed by atoms with Crippen molar-refractivity contribution in [3.8, 4) is 0 Å². The van der Waals surface area contributed by atoms with Crippen LogP contribution < -0.4 is 0 Å². The number of ether oxygens (including phenoxy) is 1.